The van der Waals surface area contributed by atoms with Crippen molar-refractivity contribution in [1.29, 1.82) is 0 Å². The monoisotopic (exact) mass is 346 g/mol. The van der Waals surface area contributed by atoms with Gasteiger partial charge in [-0.05, 0) is 36.8 Å². The molecule has 1 aromatic carbocycles. The number of hydrogen-bond donors (Lipinski definition) is 2. The molecular formula is C15H17F3N2O2S. The molecule has 0 bridgehead atoms. The first-order valence-electron chi connectivity index (χ1n) is 7.22. The van der Waals surface area contributed by atoms with Gasteiger partial charge in [-0.1, -0.05) is 13.0 Å². The highest BCUT2D eigenvalue weighted by molar-refractivity contribution is 7.99. The molecule has 1 fully saturated rings. The number of anilines is 1. The summed E-state index contributed by atoms with van der Waals surface area (Å²) in [5.74, 6) is -1.69. The van der Waals surface area contributed by atoms with Crippen molar-refractivity contribution in [2.45, 2.75) is 36.9 Å². The van der Waals surface area contributed by atoms with Gasteiger partial charge in [0.1, 0.15) is 12.0 Å². The van der Waals surface area contributed by atoms with Crippen LogP contribution in [-0.4, -0.2) is 29.8 Å². The van der Waals surface area contributed by atoms with Crippen molar-refractivity contribution >= 4 is 29.3 Å². The largest absolute Gasteiger partial charge is 0.408 e. The van der Waals surface area contributed by atoms with Gasteiger partial charge in [0.25, 0.3) is 0 Å². The maximum absolute atomic E-state index is 12.6. The molecule has 0 radical (unpaired) electrons. The topological polar surface area (TPSA) is 58.2 Å². The molecule has 0 unspecified atom stereocenters. The Kier molecular flexibility index (Phi) is 5.56. The predicted molar refractivity (Wildman–Crippen MR) is 82.2 cm³/mol. The highest BCUT2D eigenvalue weighted by Gasteiger charge is 2.45. The molecule has 126 valence electrons. The van der Waals surface area contributed by atoms with Crippen molar-refractivity contribution in [2.75, 3.05) is 11.1 Å². The Hall–Kier alpha value is -1.70. The van der Waals surface area contributed by atoms with Crippen LogP contribution in [0.1, 0.15) is 19.8 Å². The van der Waals surface area contributed by atoms with Crippen LogP contribution in [0, 0.1) is 5.92 Å². The van der Waals surface area contributed by atoms with Gasteiger partial charge in [0.15, 0.2) is 0 Å². The third-order valence-electron chi connectivity index (χ3n) is 3.50. The Morgan fingerprint density at radius 2 is 2.13 bits per heavy atom. The number of amides is 2. The van der Waals surface area contributed by atoms with Crippen LogP contribution in [0.4, 0.5) is 18.9 Å². The van der Waals surface area contributed by atoms with Crippen LogP contribution in [0.2, 0.25) is 0 Å². The summed E-state index contributed by atoms with van der Waals surface area (Å²) in [4.78, 5) is 24.9. The van der Waals surface area contributed by atoms with Gasteiger partial charge in [-0.2, -0.15) is 13.2 Å². The summed E-state index contributed by atoms with van der Waals surface area (Å²) < 4.78 is 37.8. The van der Waals surface area contributed by atoms with Gasteiger partial charge in [0.2, 0.25) is 11.8 Å². The van der Waals surface area contributed by atoms with Crippen LogP contribution >= 0.6 is 11.8 Å². The third kappa shape index (κ3) is 4.63. The van der Waals surface area contributed by atoms with Crippen molar-refractivity contribution in [1.82, 2.24) is 5.32 Å². The van der Waals surface area contributed by atoms with Crippen LogP contribution in [-0.2, 0) is 9.59 Å². The normalized spacial score (nSPS) is 21.7. The number of thioether (sulfide) groups is 1. The number of carbonyl (C=O) groups is 2. The molecule has 0 spiro atoms. The van der Waals surface area contributed by atoms with E-state index >= 15 is 0 Å². The lowest BCUT2D eigenvalue weighted by Crippen LogP contribution is -2.53. The summed E-state index contributed by atoms with van der Waals surface area (Å²) in [7, 11) is 0. The van der Waals surface area contributed by atoms with E-state index in [0.29, 0.717) is 5.69 Å². The summed E-state index contributed by atoms with van der Waals surface area (Å²) in [5, 5.41) is 4.48. The van der Waals surface area contributed by atoms with Gasteiger partial charge in [-0.25, -0.2) is 0 Å². The highest BCUT2D eigenvalue weighted by Crippen LogP contribution is 2.29. The van der Waals surface area contributed by atoms with Crippen LogP contribution in [0.5, 0.6) is 0 Å². The average molecular weight is 346 g/mol. The van der Waals surface area contributed by atoms with Crippen molar-refractivity contribution < 1.29 is 22.8 Å². The predicted octanol–water partition coefficient (Wildman–Crippen LogP) is 3.19. The molecule has 1 aromatic rings. The standard InChI is InChI=1S/C15H17F3N2O2S/c1-2-23-10-5-3-4-9(8-10)19-13(21)11-6-7-12(15(16,17)18)20-14(11)22/h3-5,8,11-12H,2,6-7H2,1H3,(H,19,21)(H,20,22)/t11-,12-/m0/s1. The van der Waals surface area contributed by atoms with E-state index in [1.54, 1.807) is 30.0 Å². The number of rotatable bonds is 4. The van der Waals surface area contributed by atoms with Crippen molar-refractivity contribution in [3.63, 3.8) is 0 Å². The van der Waals surface area contributed by atoms with Crippen LogP contribution in [0.15, 0.2) is 29.2 Å². The van der Waals surface area contributed by atoms with E-state index in [9.17, 15) is 22.8 Å². The fraction of sp³-hybridized carbons (Fsp3) is 0.467. The zero-order valence-electron chi connectivity index (χ0n) is 12.4. The number of hydrogen-bond acceptors (Lipinski definition) is 3. The first kappa shape index (κ1) is 17.7. The molecule has 1 aliphatic rings. The Morgan fingerprint density at radius 1 is 1.39 bits per heavy atom. The number of nitrogens with one attached hydrogen (secondary N) is 2. The van der Waals surface area contributed by atoms with E-state index < -0.39 is 30.0 Å². The third-order valence-corrected chi connectivity index (χ3v) is 4.38. The summed E-state index contributed by atoms with van der Waals surface area (Å²) in [6.45, 7) is 2.00. The van der Waals surface area contributed by atoms with E-state index in [2.05, 4.69) is 5.32 Å². The fourth-order valence-electron chi connectivity index (χ4n) is 2.36. The SMILES string of the molecule is CCSc1cccc(NC(=O)[C@@H]2CC[C@@H](C(F)(F)F)NC2=O)c1. The molecule has 1 heterocycles. The van der Waals surface area contributed by atoms with Gasteiger partial charge in [0.05, 0.1) is 0 Å². The van der Waals surface area contributed by atoms with Crippen molar-refractivity contribution in [3.05, 3.63) is 24.3 Å². The quantitative estimate of drug-likeness (QED) is 0.650. The van der Waals surface area contributed by atoms with E-state index in [4.69, 9.17) is 0 Å². The van der Waals surface area contributed by atoms with E-state index in [1.165, 1.54) is 0 Å². The molecule has 0 aromatic heterocycles. The second-order valence-corrected chi connectivity index (χ2v) is 6.52. The Labute approximate surface area is 136 Å². The number of piperidine rings is 1. The Morgan fingerprint density at radius 3 is 2.74 bits per heavy atom. The average Bonchev–Trinajstić information content (AvgIpc) is 2.46. The number of carbonyl (C=O) groups excluding carboxylic acids is 2. The molecule has 2 amide bonds. The molecular weight excluding hydrogens is 329 g/mol. The molecule has 2 atom stereocenters. The fourth-order valence-corrected chi connectivity index (χ4v) is 3.08. The van der Waals surface area contributed by atoms with Crippen LogP contribution in [0.3, 0.4) is 0 Å². The van der Waals surface area contributed by atoms with E-state index in [0.717, 1.165) is 10.6 Å². The van der Waals surface area contributed by atoms with Gasteiger partial charge in [0, 0.05) is 10.6 Å². The number of benzene rings is 1. The minimum atomic E-state index is -4.48. The first-order valence-corrected chi connectivity index (χ1v) is 8.20. The van der Waals surface area contributed by atoms with Crippen LogP contribution in [0.25, 0.3) is 0 Å². The maximum atomic E-state index is 12.6. The Balaban J connectivity index is 1.99. The lowest BCUT2D eigenvalue weighted by molar-refractivity contribution is -0.170. The molecule has 1 saturated heterocycles. The van der Waals surface area contributed by atoms with Crippen molar-refractivity contribution in [2.24, 2.45) is 5.92 Å². The number of alkyl halides is 3. The molecule has 8 heteroatoms. The van der Waals surface area contributed by atoms with E-state index in [-0.39, 0.29) is 12.8 Å². The Bertz CT molecular complexity index is 592. The molecule has 23 heavy (non-hydrogen) atoms. The van der Waals surface area contributed by atoms with E-state index in [1.807, 2.05) is 18.3 Å². The first-order chi connectivity index (χ1) is 10.8. The maximum Gasteiger partial charge on any atom is 0.408 e. The lowest BCUT2D eigenvalue weighted by Gasteiger charge is -2.29. The minimum absolute atomic E-state index is 0.120. The zero-order valence-corrected chi connectivity index (χ0v) is 13.3. The summed E-state index contributed by atoms with van der Waals surface area (Å²) >= 11 is 1.60. The number of halogens is 3. The molecule has 2 N–H and O–H groups in total. The summed E-state index contributed by atoms with van der Waals surface area (Å²) in [6, 6.07) is 5.24. The minimum Gasteiger partial charge on any atom is -0.344 e. The summed E-state index contributed by atoms with van der Waals surface area (Å²) in [6.07, 6.45) is -4.90. The smallest absolute Gasteiger partial charge is 0.344 e. The molecule has 0 saturated carbocycles. The van der Waals surface area contributed by atoms with Crippen LogP contribution < -0.4 is 10.6 Å². The zero-order chi connectivity index (χ0) is 17.0. The molecule has 2 rings (SSSR count). The lowest BCUT2D eigenvalue weighted by atomic mass is 9.92. The van der Waals surface area contributed by atoms with Gasteiger partial charge in [-0.15, -0.1) is 11.8 Å². The summed E-state index contributed by atoms with van der Waals surface area (Å²) in [5.41, 5.74) is 0.527. The van der Waals surface area contributed by atoms with Gasteiger partial charge >= 0.3 is 6.18 Å². The second kappa shape index (κ2) is 7.25. The second-order valence-electron chi connectivity index (χ2n) is 5.18. The molecule has 4 nitrogen and oxygen atoms in total. The van der Waals surface area contributed by atoms with Gasteiger partial charge in [-0.3, -0.25) is 9.59 Å². The highest BCUT2D eigenvalue weighted by atomic mass is 32.2. The van der Waals surface area contributed by atoms with Gasteiger partial charge < -0.3 is 10.6 Å². The van der Waals surface area contributed by atoms with Crippen molar-refractivity contribution in [3.8, 4) is 0 Å². The molecule has 0 aliphatic carbocycles. The molecule has 1 aliphatic heterocycles.